The van der Waals surface area contributed by atoms with Crippen LogP contribution < -0.4 is 10.1 Å². The largest absolute Gasteiger partial charge is 0.484 e. The first-order chi connectivity index (χ1) is 13.2. The molecule has 0 aliphatic rings. The van der Waals surface area contributed by atoms with Gasteiger partial charge in [0.2, 0.25) is 0 Å². The fourth-order valence-electron chi connectivity index (χ4n) is 2.62. The van der Waals surface area contributed by atoms with Gasteiger partial charge in [-0.05, 0) is 49.2 Å². The topological polar surface area (TPSA) is 69.0 Å². The van der Waals surface area contributed by atoms with E-state index in [2.05, 4.69) is 36.2 Å². The molecular formula is C22H26N4O2. The molecule has 0 spiro atoms. The van der Waals surface area contributed by atoms with Crippen LogP contribution in [0, 0.1) is 13.8 Å². The van der Waals surface area contributed by atoms with Crippen LogP contribution in [0.25, 0.3) is 5.82 Å². The minimum absolute atomic E-state index is 0.0826. The van der Waals surface area contributed by atoms with Crippen molar-refractivity contribution in [2.45, 2.75) is 40.0 Å². The van der Waals surface area contributed by atoms with Crippen molar-refractivity contribution in [1.82, 2.24) is 14.8 Å². The van der Waals surface area contributed by atoms with E-state index in [0.717, 1.165) is 11.3 Å². The standard InChI is InChI=1S/C22H26N4O2/c1-15-9-10-17(12-16(15)2)28-14-21(27)24-20-13-18(22(3,4)5)25-26(20)19-8-6-7-11-23-19/h6-13H,14H2,1-5H3,(H,24,27). The maximum Gasteiger partial charge on any atom is 0.263 e. The van der Waals surface area contributed by atoms with Crippen LogP contribution in [0.2, 0.25) is 0 Å². The van der Waals surface area contributed by atoms with Crippen LogP contribution in [-0.2, 0) is 10.2 Å². The van der Waals surface area contributed by atoms with Gasteiger partial charge in [-0.1, -0.05) is 32.9 Å². The first-order valence-corrected chi connectivity index (χ1v) is 9.26. The van der Waals surface area contributed by atoms with Crippen LogP contribution in [0.4, 0.5) is 5.82 Å². The predicted molar refractivity (Wildman–Crippen MR) is 110 cm³/mol. The van der Waals surface area contributed by atoms with Crippen LogP contribution in [0.1, 0.15) is 37.6 Å². The molecule has 2 aromatic heterocycles. The highest BCUT2D eigenvalue weighted by Gasteiger charge is 2.22. The lowest BCUT2D eigenvalue weighted by Crippen LogP contribution is -2.22. The third-order valence-corrected chi connectivity index (χ3v) is 4.46. The molecular weight excluding hydrogens is 352 g/mol. The minimum atomic E-state index is -0.254. The van der Waals surface area contributed by atoms with Crippen molar-refractivity contribution >= 4 is 11.7 Å². The zero-order valence-corrected chi connectivity index (χ0v) is 17.0. The molecule has 0 bridgehead atoms. The molecule has 0 saturated carbocycles. The van der Waals surface area contributed by atoms with Gasteiger partial charge in [0, 0.05) is 17.7 Å². The third kappa shape index (κ3) is 4.57. The van der Waals surface area contributed by atoms with Gasteiger partial charge in [0.25, 0.3) is 5.91 Å². The van der Waals surface area contributed by atoms with E-state index in [4.69, 9.17) is 4.74 Å². The Morgan fingerprint density at radius 3 is 2.54 bits per heavy atom. The molecule has 0 atom stereocenters. The second-order valence-corrected chi connectivity index (χ2v) is 7.85. The highest BCUT2D eigenvalue weighted by Crippen LogP contribution is 2.25. The number of ether oxygens (including phenoxy) is 1. The summed E-state index contributed by atoms with van der Waals surface area (Å²) in [6.45, 7) is 10.2. The Labute approximate surface area is 165 Å². The molecule has 28 heavy (non-hydrogen) atoms. The molecule has 0 aliphatic carbocycles. The number of pyridine rings is 1. The van der Waals surface area contributed by atoms with Crippen molar-refractivity contribution in [1.29, 1.82) is 0 Å². The van der Waals surface area contributed by atoms with Crippen LogP contribution >= 0.6 is 0 Å². The quantitative estimate of drug-likeness (QED) is 0.722. The van der Waals surface area contributed by atoms with E-state index >= 15 is 0 Å². The first-order valence-electron chi connectivity index (χ1n) is 9.26. The maximum absolute atomic E-state index is 12.5. The lowest BCUT2D eigenvalue weighted by atomic mass is 9.92. The van der Waals surface area contributed by atoms with E-state index < -0.39 is 0 Å². The van der Waals surface area contributed by atoms with Crippen molar-refractivity contribution in [2.75, 3.05) is 11.9 Å². The van der Waals surface area contributed by atoms with Crippen LogP contribution in [0.3, 0.4) is 0 Å². The summed E-state index contributed by atoms with van der Waals surface area (Å²) in [5, 5.41) is 7.54. The van der Waals surface area contributed by atoms with Crippen LogP contribution in [0.15, 0.2) is 48.7 Å². The van der Waals surface area contributed by atoms with Crippen molar-refractivity contribution in [3.05, 3.63) is 65.5 Å². The molecule has 0 fully saturated rings. The van der Waals surface area contributed by atoms with Gasteiger partial charge in [-0.25, -0.2) is 4.98 Å². The van der Waals surface area contributed by atoms with Gasteiger partial charge >= 0.3 is 0 Å². The number of nitrogens with zero attached hydrogens (tertiary/aromatic N) is 3. The van der Waals surface area contributed by atoms with Crippen molar-refractivity contribution in [3.63, 3.8) is 0 Å². The summed E-state index contributed by atoms with van der Waals surface area (Å²) in [6.07, 6.45) is 1.70. The number of hydrogen-bond acceptors (Lipinski definition) is 4. The highest BCUT2D eigenvalue weighted by molar-refractivity contribution is 5.91. The van der Waals surface area contributed by atoms with Gasteiger partial charge in [0.1, 0.15) is 11.6 Å². The van der Waals surface area contributed by atoms with Crippen LogP contribution in [0.5, 0.6) is 5.75 Å². The summed E-state index contributed by atoms with van der Waals surface area (Å²) in [5.41, 5.74) is 3.02. The lowest BCUT2D eigenvalue weighted by Gasteiger charge is -2.13. The van der Waals surface area contributed by atoms with Gasteiger partial charge in [-0.3, -0.25) is 4.79 Å². The molecule has 0 radical (unpaired) electrons. The number of amides is 1. The summed E-state index contributed by atoms with van der Waals surface area (Å²) >= 11 is 0. The predicted octanol–water partition coefficient (Wildman–Crippen LogP) is 4.20. The van der Waals surface area contributed by atoms with Gasteiger partial charge in [0.05, 0.1) is 5.69 Å². The van der Waals surface area contributed by atoms with Crippen LogP contribution in [-0.4, -0.2) is 27.3 Å². The highest BCUT2D eigenvalue weighted by atomic mass is 16.5. The van der Waals surface area contributed by atoms with Gasteiger partial charge in [0.15, 0.2) is 12.4 Å². The number of nitrogens with one attached hydrogen (secondary N) is 1. The first kappa shape index (κ1) is 19.6. The lowest BCUT2D eigenvalue weighted by molar-refractivity contribution is -0.118. The molecule has 6 heteroatoms. The maximum atomic E-state index is 12.5. The number of hydrogen-bond donors (Lipinski definition) is 1. The molecule has 1 amide bonds. The zero-order chi connectivity index (χ0) is 20.3. The molecule has 1 N–H and O–H groups in total. The number of rotatable bonds is 5. The summed E-state index contributed by atoms with van der Waals surface area (Å²) < 4.78 is 7.29. The Kier molecular flexibility index (Phi) is 5.49. The summed E-state index contributed by atoms with van der Waals surface area (Å²) in [7, 11) is 0. The molecule has 3 rings (SSSR count). The fraction of sp³-hybridized carbons (Fsp3) is 0.318. The van der Waals surface area contributed by atoms with E-state index in [1.165, 1.54) is 5.56 Å². The normalized spacial score (nSPS) is 11.3. The molecule has 0 saturated heterocycles. The Hall–Kier alpha value is -3.15. The molecule has 0 unspecified atom stereocenters. The van der Waals surface area contributed by atoms with E-state index in [1.807, 2.05) is 56.3 Å². The number of benzene rings is 1. The van der Waals surface area contributed by atoms with Crippen molar-refractivity contribution < 1.29 is 9.53 Å². The SMILES string of the molecule is Cc1ccc(OCC(=O)Nc2cc(C(C)(C)C)nn2-c2ccccn2)cc1C. The Balaban J connectivity index is 1.77. The number of anilines is 1. The Morgan fingerprint density at radius 2 is 1.89 bits per heavy atom. The smallest absolute Gasteiger partial charge is 0.263 e. The number of carbonyl (C=O) groups is 1. The monoisotopic (exact) mass is 378 g/mol. The van der Waals surface area contributed by atoms with Gasteiger partial charge in [-0.15, -0.1) is 0 Å². The molecule has 6 nitrogen and oxygen atoms in total. The fourth-order valence-corrected chi connectivity index (χ4v) is 2.62. The number of aryl methyl sites for hydroxylation is 2. The zero-order valence-electron chi connectivity index (χ0n) is 17.0. The number of carbonyl (C=O) groups excluding carboxylic acids is 1. The molecule has 146 valence electrons. The third-order valence-electron chi connectivity index (χ3n) is 4.46. The average Bonchev–Trinajstić information content (AvgIpc) is 3.07. The van der Waals surface area contributed by atoms with E-state index in [1.54, 1.807) is 10.9 Å². The van der Waals surface area contributed by atoms with Gasteiger partial charge < -0.3 is 10.1 Å². The van der Waals surface area contributed by atoms with E-state index in [-0.39, 0.29) is 17.9 Å². The summed E-state index contributed by atoms with van der Waals surface area (Å²) in [6, 6.07) is 13.2. The minimum Gasteiger partial charge on any atom is -0.484 e. The second-order valence-electron chi connectivity index (χ2n) is 7.85. The van der Waals surface area contributed by atoms with Crippen molar-refractivity contribution in [3.8, 4) is 11.6 Å². The number of aromatic nitrogens is 3. The molecule has 1 aromatic carbocycles. The summed E-state index contributed by atoms with van der Waals surface area (Å²) in [5.74, 6) is 1.63. The van der Waals surface area contributed by atoms with E-state index in [0.29, 0.717) is 17.4 Å². The Bertz CT molecular complexity index is 972. The second kappa shape index (κ2) is 7.84. The Morgan fingerprint density at radius 1 is 1.11 bits per heavy atom. The van der Waals surface area contributed by atoms with E-state index in [9.17, 15) is 4.79 Å². The van der Waals surface area contributed by atoms with Gasteiger partial charge in [-0.2, -0.15) is 9.78 Å². The molecule has 0 aliphatic heterocycles. The summed E-state index contributed by atoms with van der Waals surface area (Å²) in [4.78, 5) is 16.8. The average molecular weight is 378 g/mol. The molecule has 3 aromatic rings. The molecule has 2 heterocycles. The van der Waals surface area contributed by atoms with Crippen molar-refractivity contribution in [2.24, 2.45) is 0 Å².